The fourth-order valence-electron chi connectivity index (χ4n) is 6.86. The fraction of sp³-hybridized carbons (Fsp3) is 0. The van der Waals surface area contributed by atoms with E-state index in [-0.39, 0.29) is 11.6 Å². The summed E-state index contributed by atoms with van der Waals surface area (Å²) in [5.41, 5.74) is 6.21. The average molecular weight is 820 g/mol. The lowest BCUT2D eigenvalue weighted by Crippen LogP contribution is -2.01. The highest BCUT2D eigenvalue weighted by Crippen LogP contribution is 2.55. The van der Waals surface area contributed by atoms with Crippen molar-refractivity contribution >= 4 is 77.5 Å². The Morgan fingerprint density at radius 1 is 0.348 bits per heavy atom. The van der Waals surface area contributed by atoms with Crippen LogP contribution in [0.3, 0.4) is 0 Å². The molecular weight excluding hydrogens is 796 g/mol. The van der Waals surface area contributed by atoms with Gasteiger partial charge >= 0.3 is 0 Å². The quantitative estimate of drug-likeness (QED) is 0.123. The lowest BCUT2D eigenvalue weighted by atomic mass is 9.76. The van der Waals surface area contributed by atoms with E-state index >= 15 is 8.78 Å². The topological polar surface area (TPSA) is 0 Å². The van der Waals surface area contributed by atoms with Gasteiger partial charge in [-0.3, -0.25) is 0 Å². The van der Waals surface area contributed by atoms with Gasteiger partial charge in [-0.25, -0.2) is 8.78 Å². The van der Waals surface area contributed by atoms with Crippen LogP contribution in [0.2, 0.25) is 0 Å². The minimum absolute atomic E-state index is 0.305. The first kappa shape index (κ1) is 29.3. The summed E-state index contributed by atoms with van der Waals surface area (Å²) in [6, 6.07) is 47.2. The number of halogens is 4. The largest absolute Gasteiger partial charge is 0.206 e. The van der Waals surface area contributed by atoms with Crippen molar-refractivity contribution in [2.75, 3.05) is 0 Å². The third-order valence-corrected chi connectivity index (χ3v) is 10.0. The summed E-state index contributed by atoms with van der Waals surface area (Å²) < 4.78 is 34.8. The Morgan fingerprint density at radius 2 is 0.717 bits per heavy atom. The standard InChI is InChI=1S/C42H24F2I2/c43-35-17-9-7-15-31(35)39-37(25-11-3-1-4-12-25)38(26-13-5-2-6-14-26)40(32-16-8-10-18-36(32)44)42-34-24-28(46)20-22-30(34)29-21-19-27(45)23-33(29)41(39)42/h1-24H. The molecule has 0 heterocycles. The Morgan fingerprint density at radius 3 is 1.11 bits per heavy atom. The van der Waals surface area contributed by atoms with Crippen molar-refractivity contribution in [2.24, 2.45) is 0 Å². The van der Waals surface area contributed by atoms with E-state index in [1.807, 2.05) is 60.7 Å². The average Bonchev–Trinajstić information content (AvgIpc) is 3.08. The molecule has 0 bridgehead atoms. The van der Waals surface area contributed by atoms with Gasteiger partial charge < -0.3 is 0 Å². The van der Waals surface area contributed by atoms with Crippen LogP contribution in [-0.2, 0) is 0 Å². The molecule has 8 rings (SSSR count). The van der Waals surface area contributed by atoms with E-state index in [1.165, 1.54) is 12.1 Å². The number of benzene rings is 8. The fourth-order valence-corrected chi connectivity index (χ4v) is 7.84. The zero-order valence-corrected chi connectivity index (χ0v) is 28.7. The second-order valence-corrected chi connectivity index (χ2v) is 13.8. The Kier molecular flexibility index (Phi) is 7.57. The van der Waals surface area contributed by atoms with Crippen LogP contribution in [0.15, 0.2) is 146 Å². The summed E-state index contributed by atoms with van der Waals surface area (Å²) in [6.07, 6.45) is 0. The normalized spacial score (nSPS) is 11.5. The first-order chi connectivity index (χ1) is 22.5. The lowest BCUT2D eigenvalue weighted by molar-refractivity contribution is 0.631. The molecule has 0 saturated heterocycles. The van der Waals surface area contributed by atoms with Crippen LogP contribution in [0.1, 0.15) is 0 Å². The molecule has 8 aromatic rings. The Bertz CT molecular complexity index is 2280. The van der Waals surface area contributed by atoms with Gasteiger partial charge in [-0.2, -0.15) is 0 Å². The third kappa shape index (κ3) is 4.81. The van der Waals surface area contributed by atoms with Gasteiger partial charge in [-0.15, -0.1) is 0 Å². The SMILES string of the molecule is Fc1ccccc1-c1c(-c2ccccc2)c(-c2ccccc2)c(-c2ccccc2F)c2c3cc(I)ccc3c3ccc(I)cc3c12. The Labute approximate surface area is 293 Å². The van der Waals surface area contributed by atoms with Crippen molar-refractivity contribution in [3.63, 3.8) is 0 Å². The molecule has 8 aromatic carbocycles. The predicted octanol–water partition coefficient (Wildman–Crippen LogP) is 13.3. The summed E-state index contributed by atoms with van der Waals surface area (Å²) in [7, 11) is 0. The second kappa shape index (κ2) is 11.9. The van der Waals surface area contributed by atoms with E-state index in [4.69, 9.17) is 0 Å². The molecule has 0 aliphatic heterocycles. The van der Waals surface area contributed by atoms with Crippen molar-refractivity contribution in [1.29, 1.82) is 0 Å². The molecule has 220 valence electrons. The molecule has 0 aromatic heterocycles. The molecule has 0 unspecified atom stereocenters. The van der Waals surface area contributed by atoms with Crippen molar-refractivity contribution in [1.82, 2.24) is 0 Å². The first-order valence-corrected chi connectivity index (χ1v) is 17.1. The minimum atomic E-state index is -0.305. The van der Waals surface area contributed by atoms with E-state index < -0.39 is 0 Å². The van der Waals surface area contributed by atoms with Crippen molar-refractivity contribution in [3.05, 3.63) is 164 Å². The maximum absolute atomic E-state index is 16.3. The highest BCUT2D eigenvalue weighted by molar-refractivity contribution is 14.1. The molecule has 0 saturated carbocycles. The molecule has 0 spiro atoms. The molecule has 0 amide bonds. The summed E-state index contributed by atoms with van der Waals surface area (Å²) in [4.78, 5) is 0. The summed E-state index contributed by atoms with van der Waals surface area (Å²) >= 11 is 4.70. The zero-order chi connectivity index (χ0) is 31.4. The molecule has 0 aliphatic carbocycles. The minimum Gasteiger partial charge on any atom is -0.206 e. The van der Waals surface area contributed by atoms with Crippen LogP contribution in [0, 0.1) is 18.8 Å². The van der Waals surface area contributed by atoms with Gasteiger partial charge in [0.2, 0.25) is 0 Å². The second-order valence-electron chi connectivity index (χ2n) is 11.3. The molecule has 0 fully saturated rings. The molecule has 0 aliphatic rings. The maximum atomic E-state index is 16.3. The van der Waals surface area contributed by atoms with E-state index in [2.05, 4.69) is 106 Å². The maximum Gasteiger partial charge on any atom is 0.131 e. The van der Waals surface area contributed by atoms with Gasteiger partial charge in [-0.1, -0.05) is 109 Å². The van der Waals surface area contributed by atoms with Gasteiger partial charge in [0.1, 0.15) is 11.6 Å². The van der Waals surface area contributed by atoms with Crippen LogP contribution in [0.5, 0.6) is 0 Å². The third-order valence-electron chi connectivity index (χ3n) is 8.70. The van der Waals surface area contributed by atoms with Gasteiger partial charge in [0.15, 0.2) is 0 Å². The van der Waals surface area contributed by atoms with Crippen LogP contribution in [0.4, 0.5) is 8.78 Å². The van der Waals surface area contributed by atoms with Crippen LogP contribution in [0.25, 0.3) is 76.8 Å². The summed E-state index contributed by atoms with van der Waals surface area (Å²) in [5, 5.41) is 5.96. The van der Waals surface area contributed by atoms with Crippen LogP contribution < -0.4 is 0 Å². The highest BCUT2D eigenvalue weighted by Gasteiger charge is 2.29. The lowest BCUT2D eigenvalue weighted by Gasteiger charge is -2.27. The smallest absolute Gasteiger partial charge is 0.131 e. The zero-order valence-electron chi connectivity index (χ0n) is 24.4. The molecule has 0 radical (unpaired) electrons. The number of rotatable bonds is 4. The van der Waals surface area contributed by atoms with Crippen molar-refractivity contribution in [3.8, 4) is 44.5 Å². The van der Waals surface area contributed by atoms with E-state index in [9.17, 15) is 0 Å². The summed E-state index contributed by atoms with van der Waals surface area (Å²) in [5.74, 6) is -0.611. The predicted molar refractivity (Wildman–Crippen MR) is 206 cm³/mol. The Hall–Kier alpha value is -4.14. The number of hydrogen-bond acceptors (Lipinski definition) is 0. The van der Waals surface area contributed by atoms with E-state index in [0.717, 1.165) is 72.8 Å². The van der Waals surface area contributed by atoms with Crippen molar-refractivity contribution in [2.45, 2.75) is 0 Å². The van der Waals surface area contributed by atoms with Crippen LogP contribution in [-0.4, -0.2) is 0 Å². The molecular formula is C42H24F2I2. The van der Waals surface area contributed by atoms with E-state index in [1.54, 1.807) is 12.1 Å². The van der Waals surface area contributed by atoms with Gasteiger partial charge in [-0.05, 0) is 136 Å². The molecule has 46 heavy (non-hydrogen) atoms. The molecule has 0 atom stereocenters. The molecule has 0 nitrogen and oxygen atoms in total. The van der Waals surface area contributed by atoms with Crippen molar-refractivity contribution < 1.29 is 8.78 Å². The number of fused-ring (bicyclic) bond motifs is 6. The Balaban J connectivity index is 1.82. The van der Waals surface area contributed by atoms with Gasteiger partial charge in [0, 0.05) is 29.4 Å². The molecule has 0 N–H and O–H groups in total. The summed E-state index contributed by atoms with van der Waals surface area (Å²) in [6.45, 7) is 0. The highest BCUT2D eigenvalue weighted by atomic mass is 127. The van der Waals surface area contributed by atoms with Gasteiger partial charge in [0.25, 0.3) is 0 Å². The first-order valence-electron chi connectivity index (χ1n) is 15.0. The number of hydrogen-bond donors (Lipinski definition) is 0. The monoisotopic (exact) mass is 820 g/mol. The van der Waals surface area contributed by atoms with E-state index in [0.29, 0.717) is 11.1 Å². The van der Waals surface area contributed by atoms with Crippen LogP contribution >= 0.6 is 45.2 Å². The van der Waals surface area contributed by atoms with Gasteiger partial charge in [0.05, 0.1) is 0 Å². The molecule has 4 heteroatoms.